The van der Waals surface area contributed by atoms with Crippen LogP contribution in [-0.4, -0.2) is 31.5 Å². The molecule has 0 aliphatic carbocycles. The predicted molar refractivity (Wildman–Crippen MR) is 74.4 cm³/mol. The van der Waals surface area contributed by atoms with Crippen LogP contribution in [0, 0.1) is 6.92 Å². The summed E-state index contributed by atoms with van der Waals surface area (Å²) in [4.78, 5) is 20.0. The van der Waals surface area contributed by atoms with Crippen molar-refractivity contribution in [3.8, 4) is 0 Å². The van der Waals surface area contributed by atoms with Gasteiger partial charge in [0.05, 0.1) is 19.1 Å². The van der Waals surface area contributed by atoms with Crippen molar-refractivity contribution < 1.29 is 4.42 Å². The van der Waals surface area contributed by atoms with E-state index in [1.807, 2.05) is 13.8 Å². The summed E-state index contributed by atoms with van der Waals surface area (Å²) in [5, 5.41) is 6.26. The van der Waals surface area contributed by atoms with Crippen LogP contribution in [0.5, 0.6) is 0 Å². The van der Waals surface area contributed by atoms with Crippen LogP contribution >= 0.6 is 0 Å². The Morgan fingerprint density at radius 3 is 2.90 bits per heavy atom. The number of hydrogen-bond donors (Lipinski definition) is 3. The zero-order valence-electron chi connectivity index (χ0n) is 11.3. The summed E-state index contributed by atoms with van der Waals surface area (Å²) in [7, 11) is 0. The smallest absolute Gasteiger partial charge is 0.226 e. The minimum atomic E-state index is 0.449. The van der Waals surface area contributed by atoms with Crippen molar-refractivity contribution in [2.45, 2.75) is 20.4 Å². The Hall–Kier alpha value is -2.64. The first-order chi connectivity index (χ1) is 9.76. The van der Waals surface area contributed by atoms with Crippen LogP contribution in [0.25, 0.3) is 11.2 Å². The number of oxazole rings is 1. The summed E-state index contributed by atoms with van der Waals surface area (Å²) in [5.74, 6) is 2.60. The molecule has 3 N–H and O–H groups in total. The first-order valence-electron chi connectivity index (χ1n) is 6.36. The average Bonchev–Trinajstić information content (AvgIpc) is 3.05. The van der Waals surface area contributed by atoms with Crippen LogP contribution in [0.15, 0.2) is 16.9 Å². The number of anilines is 2. The van der Waals surface area contributed by atoms with E-state index >= 15 is 0 Å². The summed E-state index contributed by atoms with van der Waals surface area (Å²) >= 11 is 0. The van der Waals surface area contributed by atoms with Crippen LogP contribution in [0.4, 0.5) is 11.8 Å². The number of nitrogens with one attached hydrogen (secondary N) is 3. The molecule has 104 valence electrons. The highest BCUT2D eigenvalue weighted by molar-refractivity contribution is 5.83. The number of hydrogen-bond acceptors (Lipinski definition) is 7. The molecule has 8 nitrogen and oxygen atoms in total. The highest BCUT2D eigenvalue weighted by atomic mass is 16.4. The largest absolute Gasteiger partial charge is 0.444 e. The summed E-state index contributed by atoms with van der Waals surface area (Å²) < 4.78 is 5.42. The van der Waals surface area contributed by atoms with Gasteiger partial charge in [-0.15, -0.1) is 0 Å². The summed E-state index contributed by atoms with van der Waals surface area (Å²) in [6, 6.07) is 0. The minimum absolute atomic E-state index is 0.449. The SMILES string of the molecule is CCNc1nc(NCc2ncc(C)o2)c2[nH]cnc2n1. The second-order valence-electron chi connectivity index (χ2n) is 4.25. The predicted octanol–water partition coefficient (Wildman–Crippen LogP) is 1.69. The lowest BCUT2D eigenvalue weighted by Gasteiger charge is -2.07. The van der Waals surface area contributed by atoms with Gasteiger partial charge in [0.2, 0.25) is 11.8 Å². The van der Waals surface area contributed by atoms with Gasteiger partial charge in [-0.3, -0.25) is 0 Å². The number of rotatable bonds is 5. The van der Waals surface area contributed by atoms with Gasteiger partial charge in [0.1, 0.15) is 11.3 Å². The Labute approximate surface area is 115 Å². The van der Waals surface area contributed by atoms with Crippen molar-refractivity contribution in [3.05, 3.63) is 24.2 Å². The molecule has 0 amide bonds. The monoisotopic (exact) mass is 273 g/mol. The molecule has 20 heavy (non-hydrogen) atoms. The van der Waals surface area contributed by atoms with Crippen molar-refractivity contribution in [3.63, 3.8) is 0 Å². The molecule has 0 aliphatic heterocycles. The molecule has 0 unspecified atom stereocenters. The molecule has 0 saturated heterocycles. The molecular formula is C12H15N7O. The lowest BCUT2D eigenvalue weighted by Crippen LogP contribution is -2.07. The molecule has 3 heterocycles. The van der Waals surface area contributed by atoms with Crippen molar-refractivity contribution in [2.75, 3.05) is 17.2 Å². The van der Waals surface area contributed by atoms with Crippen LogP contribution in [0.1, 0.15) is 18.6 Å². The van der Waals surface area contributed by atoms with Gasteiger partial charge in [0.15, 0.2) is 11.5 Å². The summed E-state index contributed by atoms with van der Waals surface area (Å²) in [6.07, 6.45) is 3.28. The molecule has 0 aromatic carbocycles. The van der Waals surface area contributed by atoms with Gasteiger partial charge >= 0.3 is 0 Å². The Kier molecular flexibility index (Phi) is 3.20. The summed E-state index contributed by atoms with van der Waals surface area (Å²) in [6.45, 7) is 5.04. The fourth-order valence-electron chi connectivity index (χ4n) is 1.84. The molecule has 0 fully saturated rings. The first kappa shape index (κ1) is 12.4. The molecule has 8 heteroatoms. The Morgan fingerprint density at radius 1 is 1.25 bits per heavy atom. The second kappa shape index (κ2) is 5.16. The van der Waals surface area contributed by atoms with Crippen molar-refractivity contribution in [1.82, 2.24) is 24.9 Å². The number of fused-ring (bicyclic) bond motifs is 1. The zero-order valence-corrected chi connectivity index (χ0v) is 11.3. The standard InChI is InChI=1S/C12H15N7O/c1-3-13-12-18-10(9-11(19-12)17-6-16-9)15-5-8-14-4-7(2)20-8/h4,6H,3,5H2,1-2H3,(H3,13,15,16,17,18,19). The lowest BCUT2D eigenvalue weighted by atomic mass is 10.4. The van der Waals surface area contributed by atoms with E-state index in [-0.39, 0.29) is 0 Å². The topological polar surface area (TPSA) is 105 Å². The van der Waals surface area contributed by atoms with Gasteiger partial charge in [-0.2, -0.15) is 9.97 Å². The second-order valence-corrected chi connectivity index (χ2v) is 4.25. The van der Waals surface area contributed by atoms with Gasteiger partial charge in [0.25, 0.3) is 0 Å². The quantitative estimate of drug-likeness (QED) is 0.649. The van der Waals surface area contributed by atoms with Gasteiger partial charge in [-0.05, 0) is 13.8 Å². The molecule has 3 rings (SSSR count). The van der Waals surface area contributed by atoms with Crippen LogP contribution in [0.2, 0.25) is 0 Å². The normalized spacial score (nSPS) is 10.9. The van der Waals surface area contributed by atoms with Crippen LogP contribution in [-0.2, 0) is 6.54 Å². The molecule has 3 aromatic rings. The number of aromatic nitrogens is 5. The fourth-order valence-corrected chi connectivity index (χ4v) is 1.84. The van der Waals surface area contributed by atoms with Gasteiger partial charge < -0.3 is 20.0 Å². The van der Waals surface area contributed by atoms with Crippen LogP contribution < -0.4 is 10.6 Å². The lowest BCUT2D eigenvalue weighted by molar-refractivity contribution is 0.479. The molecular weight excluding hydrogens is 258 g/mol. The minimum Gasteiger partial charge on any atom is -0.444 e. The number of aromatic amines is 1. The molecule has 0 radical (unpaired) electrons. The molecule has 3 aromatic heterocycles. The van der Waals surface area contributed by atoms with E-state index in [4.69, 9.17) is 4.42 Å². The van der Waals surface area contributed by atoms with E-state index < -0.39 is 0 Å². The van der Waals surface area contributed by atoms with E-state index in [1.165, 1.54) is 0 Å². The third kappa shape index (κ3) is 2.40. The number of nitrogens with zero attached hydrogens (tertiary/aromatic N) is 4. The van der Waals surface area contributed by atoms with Crippen molar-refractivity contribution in [1.29, 1.82) is 0 Å². The van der Waals surface area contributed by atoms with Crippen LogP contribution in [0.3, 0.4) is 0 Å². The van der Waals surface area contributed by atoms with E-state index in [0.717, 1.165) is 17.8 Å². The fraction of sp³-hybridized carbons (Fsp3) is 0.333. The Morgan fingerprint density at radius 2 is 2.15 bits per heavy atom. The van der Waals surface area contributed by atoms with Gasteiger partial charge in [-0.1, -0.05) is 0 Å². The average molecular weight is 273 g/mol. The molecule has 0 atom stereocenters. The molecule has 0 bridgehead atoms. The number of aryl methyl sites for hydroxylation is 1. The number of H-pyrrole nitrogens is 1. The third-order valence-electron chi connectivity index (χ3n) is 2.70. The third-order valence-corrected chi connectivity index (χ3v) is 2.70. The zero-order chi connectivity index (χ0) is 13.9. The van der Waals surface area contributed by atoms with Gasteiger partial charge in [-0.25, -0.2) is 9.97 Å². The van der Waals surface area contributed by atoms with E-state index in [1.54, 1.807) is 12.5 Å². The highest BCUT2D eigenvalue weighted by Gasteiger charge is 2.10. The van der Waals surface area contributed by atoms with E-state index in [9.17, 15) is 0 Å². The van der Waals surface area contributed by atoms with Crippen molar-refractivity contribution >= 4 is 22.9 Å². The maximum absolute atomic E-state index is 5.42. The van der Waals surface area contributed by atoms with Gasteiger partial charge in [0, 0.05) is 6.54 Å². The maximum Gasteiger partial charge on any atom is 0.226 e. The maximum atomic E-state index is 5.42. The Bertz CT molecular complexity index is 717. The Balaban J connectivity index is 1.87. The summed E-state index contributed by atoms with van der Waals surface area (Å²) in [5.41, 5.74) is 1.37. The molecule has 0 aliphatic rings. The first-order valence-corrected chi connectivity index (χ1v) is 6.36. The molecule has 0 saturated carbocycles. The van der Waals surface area contributed by atoms with E-state index in [2.05, 4.69) is 35.6 Å². The van der Waals surface area contributed by atoms with E-state index in [0.29, 0.717) is 29.8 Å². The number of imidazole rings is 1. The highest BCUT2D eigenvalue weighted by Crippen LogP contribution is 2.19. The molecule has 0 spiro atoms. The van der Waals surface area contributed by atoms with Crippen molar-refractivity contribution in [2.24, 2.45) is 0 Å².